The van der Waals surface area contributed by atoms with Gasteiger partial charge >= 0.3 is 0 Å². The summed E-state index contributed by atoms with van der Waals surface area (Å²) in [6.07, 6.45) is 0. The van der Waals surface area contributed by atoms with Gasteiger partial charge in [-0.25, -0.2) is 4.98 Å². The average molecular weight is 220 g/mol. The van der Waals surface area contributed by atoms with Crippen molar-refractivity contribution in [2.24, 2.45) is 0 Å². The van der Waals surface area contributed by atoms with Crippen molar-refractivity contribution in [3.8, 4) is 0 Å². The zero-order valence-corrected chi connectivity index (χ0v) is 7.91. The smallest absolute Gasteiger partial charge is 0.129 e. The summed E-state index contributed by atoms with van der Waals surface area (Å²) >= 11 is 8.98. The van der Waals surface area contributed by atoms with E-state index in [1.807, 2.05) is 13.0 Å². The van der Waals surface area contributed by atoms with Crippen molar-refractivity contribution >= 4 is 27.5 Å². The largest absolute Gasteiger partial charge is 0.240 e. The zero-order valence-electron chi connectivity index (χ0n) is 5.56. The highest BCUT2D eigenvalue weighted by Gasteiger charge is 1.97. The summed E-state index contributed by atoms with van der Waals surface area (Å²) in [5.41, 5.74) is 2.17. The van der Waals surface area contributed by atoms with Gasteiger partial charge in [-0.1, -0.05) is 33.6 Å². The van der Waals surface area contributed by atoms with E-state index < -0.39 is 0 Å². The molecule has 0 aromatic carbocycles. The van der Waals surface area contributed by atoms with Crippen LogP contribution < -0.4 is 0 Å². The standard InChI is InChI=1S/C7H7BrClN/c1-5-2-3-7(9)10-6(5)4-8/h2-3H,4H2,1H3. The Morgan fingerprint density at radius 1 is 1.60 bits per heavy atom. The Morgan fingerprint density at radius 3 is 2.80 bits per heavy atom. The molecular formula is C7H7BrClN. The predicted octanol–water partition coefficient (Wildman–Crippen LogP) is 2.94. The lowest BCUT2D eigenvalue weighted by molar-refractivity contribution is 1.14. The average Bonchev–Trinajstić information content (AvgIpc) is 1.94. The van der Waals surface area contributed by atoms with Gasteiger partial charge < -0.3 is 0 Å². The van der Waals surface area contributed by atoms with Gasteiger partial charge in [0.05, 0.1) is 5.69 Å². The Balaban J connectivity index is 3.09. The van der Waals surface area contributed by atoms with E-state index in [0.29, 0.717) is 5.15 Å². The first kappa shape index (κ1) is 8.02. The van der Waals surface area contributed by atoms with Crippen LogP contribution in [0.25, 0.3) is 0 Å². The summed E-state index contributed by atoms with van der Waals surface area (Å²) in [7, 11) is 0. The molecule has 0 bridgehead atoms. The van der Waals surface area contributed by atoms with Crippen LogP contribution in [0.1, 0.15) is 11.3 Å². The van der Waals surface area contributed by atoms with E-state index in [4.69, 9.17) is 11.6 Å². The molecule has 0 unspecified atom stereocenters. The highest BCUT2D eigenvalue weighted by Crippen LogP contribution is 2.12. The number of rotatable bonds is 1. The van der Waals surface area contributed by atoms with Crippen molar-refractivity contribution in [1.29, 1.82) is 0 Å². The lowest BCUT2D eigenvalue weighted by Crippen LogP contribution is -1.88. The van der Waals surface area contributed by atoms with Crippen molar-refractivity contribution < 1.29 is 0 Å². The zero-order chi connectivity index (χ0) is 7.56. The van der Waals surface area contributed by atoms with Gasteiger partial charge in [0.15, 0.2) is 0 Å². The minimum Gasteiger partial charge on any atom is -0.240 e. The summed E-state index contributed by atoms with van der Waals surface area (Å²) in [5.74, 6) is 0. The van der Waals surface area contributed by atoms with E-state index in [9.17, 15) is 0 Å². The van der Waals surface area contributed by atoms with Crippen LogP contribution in [0.2, 0.25) is 5.15 Å². The Morgan fingerprint density at radius 2 is 2.30 bits per heavy atom. The number of pyridine rings is 1. The summed E-state index contributed by atoms with van der Waals surface area (Å²) in [6, 6.07) is 3.76. The van der Waals surface area contributed by atoms with Gasteiger partial charge in [-0.2, -0.15) is 0 Å². The lowest BCUT2D eigenvalue weighted by Gasteiger charge is -1.99. The van der Waals surface area contributed by atoms with Crippen LogP contribution in [-0.4, -0.2) is 4.98 Å². The number of halogens is 2. The van der Waals surface area contributed by atoms with Gasteiger partial charge in [0.1, 0.15) is 5.15 Å². The maximum atomic E-state index is 5.66. The molecule has 3 heteroatoms. The second-order valence-corrected chi connectivity index (χ2v) is 2.98. The highest BCUT2D eigenvalue weighted by atomic mass is 79.9. The number of aryl methyl sites for hydroxylation is 1. The van der Waals surface area contributed by atoms with Crippen LogP contribution in [0.15, 0.2) is 12.1 Å². The van der Waals surface area contributed by atoms with Crippen molar-refractivity contribution in [3.05, 3.63) is 28.5 Å². The monoisotopic (exact) mass is 219 g/mol. The van der Waals surface area contributed by atoms with E-state index in [2.05, 4.69) is 20.9 Å². The van der Waals surface area contributed by atoms with E-state index in [-0.39, 0.29) is 0 Å². The van der Waals surface area contributed by atoms with Crippen molar-refractivity contribution in [1.82, 2.24) is 4.98 Å². The highest BCUT2D eigenvalue weighted by molar-refractivity contribution is 9.08. The first-order valence-electron chi connectivity index (χ1n) is 2.92. The summed E-state index contributed by atoms with van der Waals surface area (Å²) in [5, 5.41) is 1.32. The van der Waals surface area contributed by atoms with Crippen LogP contribution in [0.3, 0.4) is 0 Å². The number of hydrogen-bond acceptors (Lipinski definition) is 1. The lowest BCUT2D eigenvalue weighted by atomic mass is 10.2. The Hall–Kier alpha value is -0.0800. The quantitative estimate of drug-likeness (QED) is 0.524. The number of alkyl halides is 1. The SMILES string of the molecule is Cc1ccc(Cl)nc1CBr. The molecule has 0 fully saturated rings. The molecule has 0 aliphatic rings. The third-order valence-corrected chi connectivity index (χ3v) is 2.04. The van der Waals surface area contributed by atoms with Gasteiger partial charge in [0.25, 0.3) is 0 Å². The van der Waals surface area contributed by atoms with E-state index >= 15 is 0 Å². The topological polar surface area (TPSA) is 12.9 Å². The molecule has 0 aliphatic heterocycles. The fourth-order valence-corrected chi connectivity index (χ4v) is 1.41. The minimum absolute atomic E-state index is 0.556. The summed E-state index contributed by atoms with van der Waals surface area (Å²) in [4.78, 5) is 4.11. The first-order valence-corrected chi connectivity index (χ1v) is 4.42. The van der Waals surface area contributed by atoms with Gasteiger partial charge in [-0.3, -0.25) is 0 Å². The molecule has 1 heterocycles. The van der Waals surface area contributed by atoms with E-state index in [1.165, 1.54) is 5.56 Å². The normalized spacial score (nSPS) is 9.90. The fraction of sp³-hybridized carbons (Fsp3) is 0.286. The Bertz CT molecular complexity index is 237. The van der Waals surface area contributed by atoms with Crippen LogP contribution in [0.4, 0.5) is 0 Å². The van der Waals surface area contributed by atoms with Crippen molar-refractivity contribution in [2.75, 3.05) is 0 Å². The molecule has 1 rings (SSSR count). The molecule has 0 N–H and O–H groups in total. The number of aromatic nitrogens is 1. The molecule has 0 atom stereocenters. The number of nitrogens with zero attached hydrogens (tertiary/aromatic N) is 1. The molecule has 0 aliphatic carbocycles. The molecule has 1 nitrogen and oxygen atoms in total. The molecule has 10 heavy (non-hydrogen) atoms. The maximum absolute atomic E-state index is 5.66. The molecule has 1 aromatic heterocycles. The second kappa shape index (κ2) is 3.35. The third kappa shape index (κ3) is 1.70. The van der Waals surface area contributed by atoms with Crippen LogP contribution >= 0.6 is 27.5 Å². The summed E-state index contributed by atoms with van der Waals surface area (Å²) < 4.78 is 0. The molecule has 0 spiro atoms. The second-order valence-electron chi connectivity index (χ2n) is 2.03. The van der Waals surface area contributed by atoms with Crippen LogP contribution in [0, 0.1) is 6.92 Å². The maximum Gasteiger partial charge on any atom is 0.129 e. The van der Waals surface area contributed by atoms with Gasteiger partial charge in [-0.15, -0.1) is 0 Å². The molecule has 1 aromatic rings. The molecule has 0 saturated heterocycles. The van der Waals surface area contributed by atoms with Gasteiger partial charge in [0, 0.05) is 5.33 Å². The Labute approximate surface area is 73.6 Å². The van der Waals surface area contributed by atoms with Crippen LogP contribution in [-0.2, 0) is 5.33 Å². The van der Waals surface area contributed by atoms with Crippen LogP contribution in [0.5, 0.6) is 0 Å². The third-order valence-electron chi connectivity index (χ3n) is 1.29. The minimum atomic E-state index is 0.556. The Kier molecular flexibility index (Phi) is 2.69. The molecule has 0 amide bonds. The van der Waals surface area contributed by atoms with E-state index in [0.717, 1.165) is 11.0 Å². The van der Waals surface area contributed by atoms with Crippen molar-refractivity contribution in [2.45, 2.75) is 12.3 Å². The first-order chi connectivity index (χ1) is 4.74. The summed E-state index contributed by atoms with van der Waals surface area (Å²) in [6.45, 7) is 2.01. The van der Waals surface area contributed by atoms with Crippen molar-refractivity contribution in [3.63, 3.8) is 0 Å². The fourth-order valence-electron chi connectivity index (χ4n) is 0.680. The van der Waals surface area contributed by atoms with Gasteiger partial charge in [0.2, 0.25) is 0 Å². The molecule has 0 saturated carbocycles. The molecule has 54 valence electrons. The van der Waals surface area contributed by atoms with Gasteiger partial charge in [-0.05, 0) is 18.6 Å². The number of hydrogen-bond donors (Lipinski definition) is 0. The molecular weight excluding hydrogens is 213 g/mol. The van der Waals surface area contributed by atoms with E-state index in [1.54, 1.807) is 6.07 Å². The molecule has 0 radical (unpaired) electrons. The predicted molar refractivity (Wildman–Crippen MR) is 46.6 cm³/mol.